The molecule has 2 rings (SSSR count). The molecule has 0 saturated carbocycles. The number of amides is 1. The summed E-state index contributed by atoms with van der Waals surface area (Å²) in [6, 6.07) is 13.7. The van der Waals surface area contributed by atoms with Gasteiger partial charge in [0.2, 0.25) is 0 Å². The second-order valence-corrected chi connectivity index (χ2v) is 5.56. The van der Waals surface area contributed by atoms with Crippen LogP contribution in [0, 0.1) is 0 Å². The molecule has 0 aliphatic rings. The Morgan fingerprint density at radius 1 is 1.17 bits per heavy atom. The second-order valence-electron chi connectivity index (χ2n) is 5.00. The molecule has 0 saturated heterocycles. The molecule has 0 heterocycles. The summed E-state index contributed by atoms with van der Waals surface area (Å²) in [5.41, 5.74) is 0.468. The first-order valence-corrected chi connectivity index (χ1v) is 7.02. The van der Waals surface area contributed by atoms with Gasteiger partial charge in [0.15, 0.2) is 0 Å². The van der Waals surface area contributed by atoms with Crippen LogP contribution in [0.1, 0.15) is 24.2 Å². The molecule has 0 spiro atoms. The largest absolute Gasteiger partial charge is 0.346 e. The molecule has 1 N–H and O–H groups in total. The van der Waals surface area contributed by atoms with Gasteiger partial charge in [0.1, 0.15) is 0 Å². The molecule has 0 atom stereocenters. The minimum absolute atomic E-state index is 0.0312. The predicted molar refractivity (Wildman–Crippen MR) is 79.3 cm³/mol. The lowest BCUT2D eigenvalue weighted by Gasteiger charge is -2.23. The van der Waals surface area contributed by atoms with Crippen LogP contribution in [0.2, 0.25) is 0 Å². The minimum Gasteiger partial charge on any atom is -0.346 e. The van der Waals surface area contributed by atoms with Crippen LogP contribution in [-0.2, 0) is 0 Å². The van der Waals surface area contributed by atoms with Crippen LogP contribution in [-0.4, -0.2) is 16.8 Å². The lowest BCUT2D eigenvalue weighted by atomic mass is 10.0. The van der Waals surface area contributed by atoms with E-state index in [0.717, 1.165) is 21.7 Å². The first kappa shape index (κ1) is 13.1. The van der Waals surface area contributed by atoms with Gasteiger partial charge in [0, 0.05) is 16.4 Å². The Morgan fingerprint density at radius 2 is 1.83 bits per heavy atom. The van der Waals surface area contributed by atoms with Gasteiger partial charge in [0.25, 0.3) is 5.91 Å². The van der Waals surface area contributed by atoms with E-state index in [-0.39, 0.29) is 11.4 Å². The molecule has 2 aromatic rings. The molecule has 3 heteroatoms. The highest BCUT2D eigenvalue weighted by Gasteiger charge is 2.20. The van der Waals surface area contributed by atoms with Gasteiger partial charge in [-0.25, -0.2) is 0 Å². The van der Waals surface area contributed by atoms with E-state index in [1.807, 2.05) is 56.3 Å². The lowest BCUT2D eigenvalue weighted by Crippen LogP contribution is -2.44. The smallest absolute Gasteiger partial charge is 0.252 e. The van der Waals surface area contributed by atoms with Crippen LogP contribution in [0.15, 0.2) is 42.5 Å². The Hall–Kier alpha value is -1.35. The van der Waals surface area contributed by atoms with Crippen LogP contribution in [0.3, 0.4) is 0 Å². The number of alkyl halides is 1. The zero-order valence-corrected chi connectivity index (χ0v) is 12.1. The monoisotopic (exact) mass is 305 g/mol. The van der Waals surface area contributed by atoms with Crippen LogP contribution in [0.25, 0.3) is 10.8 Å². The van der Waals surface area contributed by atoms with Crippen molar-refractivity contribution in [3.8, 4) is 0 Å². The van der Waals surface area contributed by atoms with Gasteiger partial charge in [-0.05, 0) is 30.7 Å². The molecule has 0 unspecified atom stereocenters. The highest BCUT2D eigenvalue weighted by atomic mass is 79.9. The van der Waals surface area contributed by atoms with Crippen molar-refractivity contribution in [2.45, 2.75) is 19.4 Å². The first-order chi connectivity index (χ1) is 8.53. The van der Waals surface area contributed by atoms with Gasteiger partial charge < -0.3 is 5.32 Å². The maximum atomic E-state index is 12.3. The third-order valence-corrected chi connectivity index (χ3v) is 4.22. The third-order valence-electron chi connectivity index (χ3n) is 2.82. The molecule has 2 aromatic carbocycles. The minimum atomic E-state index is -0.256. The summed E-state index contributed by atoms with van der Waals surface area (Å²) in [5, 5.41) is 5.82. The Balaban J connectivity index is 2.39. The molecule has 0 radical (unpaired) electrons. The maximum absolute atomic E-state index is 12.3. The Labute approximate surface area is 116 Å². The van der Waals surface area contributed by atoms with Crippen molar-refractivity contribution in [3.05, 3.63) is 48.0 Å². The fourth-order valence-corrected chi connectivity index (χ4v) is 1.97. The number of fused-ring (bicyclic) bond motifs is 1. The topological polar surface area (TPSA) is 29.1 Å². The Kier molecular flexibility index (Phi) is 3.71. The number of hydrogen-bond acceptors (Lipinski definition) is 1. The van der Waals surface area contributed by atoms with E-state index >= 15 is 0 Å². The van der Waals surface area contributed by atoms with Crippen molar-refractivity contribution in [2.75, 3.05) is 5.33 Å². The van der Waals surface area contributed by atoms with E-state index in [0.29, 0.717) is 0 Å². The van der Waals surface area contributed by atoms with Crippen molar-refractivity contribution in [3.63, 3.8) is 0 Å². The summed E-state index contributed by atoms with van der Waals surface area (Å²) < 4.78 is 0. The molecule has 18 heavy (non-hydrogen) atoms. The summed E-state index contributed by atoms with van der Waals surface area (Å²) in [5.74, 6) is -0.0312. The molecular formula is C15H16BrNO. The van der Waals surface area contributed by atoms with Crippen LogP contribution in [0.5, 0.6) is 0 Å². The van der Waals surface area contributed by atoms with E-state index in [1.54, 1.807) is 0 Å². The number of halogens is 1. The van der Waals surface area contributed by atoms with Gasteiger partial charge in [-0.2, -0.15) is 0 Å². The Bertz CT molecular complexity index is 572. The van der Waals surface area contributed by atoms with Gasteiger partial charge in [-0.1, -0.05) is 52.3 Å². The van der Waals surface area contributed by atoms with E-state index in [2.05, 4.69) is 21.2 Å². The van der Waals surface area contributed by atoms with Gasteiger partial charge >= 0.3 is 0 Å². The fourth-order valence-electron chi connectivity index (χ4n) is 1.83. The summed E-state index contributed by atoms with van der Waals surface area (Å²) in [7, 11) is 0. The van der Waals surface area contributed by atoms with E-state index in [4.69, 9.17) is 0 Å². The van der Waals surface area contributed by atoms with Crippen molar-refractivity contribution < 1.29 is 4.79 Å². The second kappa shape index (κ2) is 5.11. The van der Waals surface area contributed by atoms with Crippen LogP contribution < -0.4 is 5.32 Å². The zero-order chi connectivity index (χ0) is 13.2. The number of carbonyl (C=O) groups excluding carboxylic acids is 1. The van der Waals surface area contributed by atoms with Gasteiger partial charge in [0.05, 0.1) is 0 Å². The maximum Gasteiger partial charge on any atom is 0.252 e. The molecule has 0 fully saturated rings. The predicted octanol–water partition coefficient (Wildman–Crippen LogP) is 3.74. The number of hydrogen-bond donors (Lipinski definition) is 1. The average molecular weight is 306 g/mol. The summed E-state index contributed by atoms with van der Waals surface area (Å²) in [6.07, 6.45) is 0. The van der Waals surface area contributed by atoms with E-state index < -0.39 is 0 Å². The molecule has 0 aliphatic heterocycles. The SMILES string of the molecule is CC(C)(CBr)NC(=O)c1cccc2ccccc12. The van der Waals surface area contributed by atoms with Crippen molar-refractivity contribution in [1.29, 1.82) is 0 Å². The van der Waals surface area contributed by atoms with Crippen molar-refractivity contribution in [1.82, 2.24) is 5.32 Å². The number of benzene rings is 2. The van der Waals surface area contributed by atoms with Crippen LogP contribution in [0.4, 0.5) is 0 Å². The molecule has 0 aromatic heterocycles. The highest BCUT2D eigenvalue weighted by Crippen LogP contribution is 2.19. The summed E-state index contributed by atoms with van der Waals surface area (Å²) >= 11 is 3.41. The van der Waals surface area contributed by atoms with E-state index in [1.165, 1.54) is 0 Å². The fraction of sp³-hybridized carbons (Fsp3) is 0.267. The molecule has 2 nitrogen and oxygen atoms in total. The van der Waals surface area contributed by atoms with E-state index in [9.17, 15) is 4.79 Å². The van der Waals surface area contributed by atoms with Gasteiger partial charge in [-0.3, -0.25) is 4.79 Å². The molecule has 0 bridgehead atoms. The molecular weight excluding hydrogens is 290 g/mol. The normalized spacial score (nSPS) is 11.5. The number of rotatable bonds is 3. The zero-order valence-electron chi connectivity index (χ0n) is 10.5. The molecule has 0 aliphatic carbocycles. The molecule has 94 valence electrons. The Morgan fingerprint density at radius 3 is 2.56 bits per heavy atom. The van der Waals surface area contributed by atoms with Crippen molar-refractivity contribution >= 4 is 32.6 Å². The number of nitrogens with one attached hydrogen (secondary N) is 1. The third kappa shape index (κ3) is 2.72. The first-order valence-electron chi connectivity index (χ1n) is 5.90. The standard InChI is InChI=1S/C15H16BrNO/c1-15(2,10-16)17-14(18)13-9-5-7-11-6-3-4-8-12(11)13/h3-9H,10H2,1-2H3,(H,17,18). The summed E-state index contributed by atoms with van der Waals surface area (Å²) in [6.45, 7) is 3.98. The highest BCUT2D eigenvalue weighted by molar-refractivity contribution is 9.09. The lowest BCUT2D eigenvalue weighted by molar-refractivity contribution is 0.0923. The van der Waals surface area contributed by atoms with Gasteiger partial charge in [-0.15, -0.1) is 0 Å². The quantitative estimate of drug-likeness (QED) is 0.860. The van der Waals surface area contributed by atoms with Crippen LogP contribution >= 0.6 is 15.9 Å². The average Bonchev–Trinajstić information content (AvgIpc) is 2.37. The van der Waals surface area contributed by atoms with Crippen molar-refractivity contribution in [2.24, 2.45) is 0 Å². The molecule has 1 amide bonds. The number of carbonyl (C=O) groups is 1. The summed E-state index contributed by atoms with van der Waals surface area (Å²) in [4.78, 5) is 12.3.